The smallest absolute Gasteiger partial charge is 0.342 e. The molecule has 0 unspecified atom stereocenters. The second-order valence-corrected chi connectivity index (χ2v) is 3.47. The molecule has 0 bridgehead atoms. The summed E-state index contributed by atoms with van der Waals surface area (Å²) in [6, 6.07) is 4.11. The predicted molar refractivity (Wildman–Crippen MR) is 63.1 cm³/mol. The third-order valence-electron chi connectivity index (χ3n) is 2.41. The minimum absolute atomic E-state index is 0.000137. The largest absolute Gasteiger partial charge is 0.462 e. The number of carbonyl (C=O) groups is 1. The molecule has 0 atom stereocenters. The topological polar surface area (TPSA) is 68.6 Å². The van der Waals surface area contributed by atoms with Crippen LogP contribution in [0.15, 0.2) is 29.6 Å². The molecule has 0 aliphatic rings. The molecule has 0 saturated carbocycles. The number of benzene rings is 1. The first kappa shape index (κ1) is 12.1. The second kappa shape index (κ2) is 4.87. The summed E-state index contributed by atoms with van der Waals surface area (Å²) >= 11 is 0. The Kier molecular flexibility index (Phi) is 3.27. The van der Waals surface area contributed by atoms with Gasteiger partial charge in [-0.15, -0.1) is 4.91 Å². The highest BCUT2D eigenvalue weighted by Gasteiger charge is 2.18. The number of halogens is 1. The summed E-state index contributed by atoms with van der Waals surface area (Å²) in [7, 11) is 0. The maximum Gasteiger partial charge on any atom is 0.342 e. The van der Waals surface area contributed by atoms with Crippen LogP contribution >= 0.6 is 0 Å². The fourth-order valence-corrected chi connectivity index (χ4v) is 1.63. The predicted octanol–water partition coefficient (Wildman–Crippen LogP) is 2.95. The summed E-state index contributed by atoms with van der Waals surface area (Å²) in [6.45, 7) is 1.80. The van der Waals surface area contributed by atoms with Gasteiger partial charge in [-0.25, -0.2) is 9.18 Å². The molecule has 0 aliphatic carbocycles. The lowest BCUT2D eigenvalue weighted by Crippen LogP contribution is -2.06. The molecule has 1 aromatic carbocycles. The van der Waals surface area contributed by atoms with E-state index in [2.05, 4.69) is 10.2 Å². The molecular weight excluding hydrogens is 239 g/mol. The lowest BCUT2D eigenvalue weighted by Gasteiger charge is -2.06. The Hall–Kier alpha value is -2.37. The molecule has 1 heterocycles. The Bertz CT molecular complexity index is 628. The highest BCUT2D eigenvalue weighted by atomic mass is 19.1. The molecule has 5 nitrogen and oxygen atoms in total. The molecule has 0 amide bonds. The van der Waals surface area contributed by atoms with Gasteiger partial charge in [0, 0.05) is 11.6 Å². The van der Waals surface area contributed by atoms with Gasteiger partial charge in [-0.2, -0.15) is 0 Å². The van der Waals surface area contributed by atoms with E-state index in [1.54, 1.807) is 6.92 Å². The van der Waals surface area contributed by atoms with Gasteiger partial charge in [0.2, 0.25) is 0 Å². The van der Waals surface area contributed by atoms with Crippen LogP contribution in [0.4, 0.5) is 10.1 Å². The van der Waals surface area contributed by atoms with Crippen LogP contribution in [0.2, 0.25) is 0 Å². The summed E-state index contributed by atoms with van der Waals surface area (Å²) in [5.74, 6) is -1.28. The number of para-hydroxylation sites is 1. The zero-order chi connectivity index (χ0) is 13.1. The van der Waals surface area contributed by atoms with E-state index in [4.69, 9.17) is 4.74 Å². The summed E-state index contributed by atoms with van der Waals surface area (Å²) < 4.78 is 18.2. The number of rotatable bonds is 3. The molecule has 18 heavy (non-hydrogen) atoms. The van der Waals surface area contributed by atoms with Crippen molar-refractivity contribution in [2.75, 3.05) is 6.61 Å². The maximum absolute atomic E-state index is 13.5. The standard InChI is InChI=1S/C12H9FN2O3/c1-2-18-12(16)8-6-14-11-7(10(8)15-17)4-3-5-9(11)13/h3-6H,2H2,1H3. The molecule has 1 aromatic heterocycles. The fraction of sp³-hybridized carbons (Fsp3) is 0.167. The van der Waals surface area contributed by atoms with Crippen LogP contribution in [-0.4, -0.2) is 17.6 Å². The lowest BCUT2D eigenvalue weighted by atomic mass is 10.1. The molecule has 6 heteroatoms. The number of nitrogens with zero attached hydrogens (tertiary/aromatic N) is 2. The van der Waals surface area contributed by atoms with Gasteiger partial charge in [-0.05, 0) is 18.2 Å². The molecular formula is C12H9FN2O3. The van der Waals surface area contributed by atoms with Crippen molar-refractivity contribution < 1.29 is 13.9 Å². The van der Waals surface area contributed by atoms with E-state index in [1.165, 1.54) is 18.2 Å². The number of nitroso groups, excluding NO2 is 1. The van der Waals surface area contributed by atoms with Gasteiger partial charge in [-0.3, -0.25) is 4.98 Å². The van der Waals surface area contributed by atoms with Gasteiger partial charge in [0.05, 0.1) is 6.61 Å². The zero-order valence-corrected chi connectivity index (χ0v) is 9.51. The second-order valence-electron chi connectivity index (χ2n) is 3.47. The highest BCUT2D eigenvalue weighted by molar-refractivity contribution is 6.03. The summed E-state index contributed by atoms with van der Waals surface area (Å²) in [4.78, 5) is 26.3. The molecule has 92 valence electrons. The van der Waals surface area contributed by atoms with E-state index in [9.17, 15) is 14.1 Å². The van der Waals surface area contributed by atoms with Crippen LogP contribution in [0.3, 0.4) is 0 Å². The average molecular weight is 248 g/mol. The van der Waals surface area contributed by atoms with Crippen LogP contribution in [0.5, 0.6) is 0 Å². The number of fused-ring (bicyclic) bond motifs is 1. The minimum atomic E-state index is -0.703. The Morgan fingerprint density at radius 1 is 1.50 bits per heavy atom. The fourth-order valence-electron chi connectivity index (χ4n) is 1.63. The van der Waals surface area contributed by atoms with E-state index in [0.29, 0.717) is 0 Å². The Morgan fingerprint density at radius 3 is 2.94 bits per heavy atom. The Labute approximate surface area is 102 Å². The quantitative estimate of drug-likeness (QED) is 0.618. The van der Waals surface area contributed by atoms with Crippen molar-refractivity contribution in [3.63, 3.8) is 0 Å². The average Bonchev–Trinajstić information content (AvgIpc) is 2.38. The van der Waals surface area contributed by atoms with Gasteiger partial charge in [0.15, 0.2) is 0 Å². The minimum Gasteiger partial charge on any atom is -0.462 e. The Morgan fingerprint density at radius 2 is 2.28 bits per heavy atom. The van der Waals surface area contributed by atoms with Crippen molar-refractivity contribution in [3.8, 4) is 0 Å². The van der Waals surface area contributed by atoms with E-state index in [-0.39, 0.29) is 28.8 Å². The summed E-state index contributed by atoms with van der Waals surface area (Å²) in [5.41, 5.74) is -0.219. The molecule has 2 aromatic rings. The maximum atomic E-state index is 13.5. The van der Waals surface area contributed by atoms with Crippen molar-refractivity contribution in [2.45, 2.75) is 6.92 Å². The van der Waals surface area contributed by atoms with E-state index in [0.717, 1.165) is 6.20 Å². The zero-order valence-electron chi connectivity index (χ0n) is 9.51. The molecule has 0 fully saturated rings. The molecule has 0 saturated heterocycles. The third-order valence-corrected chi connectivity index (χ3v) is 2.41. The van der Waals surface area contributed by atoms with Crippen LogP contribution in [0, 0.1) is 10.7 Å². The number of hydrogen-bond acceptors (Lipinski definition) is 5. The van der Waals surface area contributed by atoms with Crippen molar-refractivity contribution in [1.29, 1.82) is 0 Å². The van der Waals surface area contributed by atoms with Crippen LogP contribution in [0.25, 0.3) is 10.9 Å². The number of hydrogen-bond donors (Lipinski definition) is 0. The van der Waals surface area contributed by atoms with Crippen LogP contribution < -0.4 is 0 Å². The number of carbonyl (C=O) groups excluding carboxylic acids is 1. The van der Waals surface area contributed by atoms with E-state index >= 15 is 0 Å². The van der Waals surface area contributed by atoms with Crippen molar-refractivity contribution >= 4 is 22.6 Å². The monoisotopic (exact) mass is 248 g/mol. The van der Waals surface area contributed by atoms with E-state index < -0.39 is 11.8 Å². The number of aromatic nitrogens is 1. The summed E-state index contributed by atoms with van der Waals surface area (Å²) in [5, 5.41) is 2.98. The van der Waals surface area contributed by atoms with E-state index in [1.807, 2.05) is 0 Å². The molecule has 2 rings (SSSR count). The van der Waals surface area contributed by atoms with Gasteiger partial charge in [0.25, 0.3) is 0 Å². The first-order valence-electron chi connectivity index (χ1n) is 5.26. The van der Waals surface area contributed by atoms with Crippen LogP contribution in [-0.2, 0) is 4.74 Å². The SMILES string of the molecule is CCOC(=O)c1cnc2c(F)cccc2c1N=O. The lowest BCUT2D eigenvalue weighted by molar-refractivity contribution is 0.0527. The normalized spacial score (nSPS) is 10.3. The molecule has 0 spiro atoms. The van der Waals surface area contributed by atoms with Crippen molar-refractivity contribution in [3.05, 3.63) is 40.7 Å². The third kappa shape index (κ3) is 1.92. The van der Waals surface area contributed by atoms with Gasteiger partial charge in [-0.1, -0.05) is 12.1 Å². The first-order chi connectivity index (χ1) is 8.69. The molecule has 0 aliphatic heterocycles. The number of ether oxygens (including phenoxy) is 1. The van der Waals surface area contributed by atoms with Gasteiger partial charge < -0.3 is 4.74 Å². The van der Waals surface area contributed by atoms with Crippen molar-refractivity contribution in [1.82, 2.24) is 4.98 Å². The molecule has 0 N–H and O–H groups in total. The van der Waals surface area contributed by atoms with Gasteiger partial charge >= 0.3 is 5.97 Å². The Balaban J connectivity index is 2.70. The number of esters is 1. The summed E-state index contributed by atoms with van der Waals surface area (Å²) in [6.07, 6.45) is 1.10. The first-order valence-corrected chi connectivity index (χ1v) is 5.26. The highest BCUT2D eigenvalue weighted by Crippen LogP contribution is 2.30. The molecule has 0 radical (unpaired) electrons. The van der Waals surface area contributed by atoms with Crippen LogP contribution in [0.1, 0.15) is 17.3 Å². The van der Waals surface area contributed by atoms with Crippen molar-refractivity contribution in [2.24, 2.45) is 5.18 Å². The number of pyridine rings is 1. The van der Waals surface area contributed by atoms with Gasteiger partial charge in [0.1, 0.15) is 22.6 Å².